The molecule has 0 aliphatic heterocycles. The number of benzene rings is 2. The molecule has 0 fully saturated rings. The number of halogens is 1. The van der Waals surface area contributed by atoms with Gasteiger partial charge in [0.25, 0.3) is 11.6 Å². The summed E-state index contributed by atoms with van der Waals surface area (Å²) in [7, 11) is 4.70. The summed E-state index contributed by atoms with van der Waals surface area (Å²) in [6, 6.07) is 8.20. The van der Waals surface area contributed by atoms with Crippen molar-refractivity contribution in [3.8, 4) is 5.75 Å². The van der Waals surface area contributed by atoms with E-state index in [1.54, 1.807) is 32.3 Å². The second-order valence-electron chi connectivity index (χ2n) is 5.03. The van der Waals surface area contributed by atoms with Gasteiger partial charge in [-0.15, -0.1) is 0 Å². The number of hydrogen-bond donors (Lipinski definition) is 0. The lowest BCUT2D eigenvalue weighted by Crippen LogP contribution is -2.22. The first-order chi connectivity index (χ1) is 11.3. The summed E-state index contributed by atoms with van der Waals surface area (Å²) in [5.74, 6) is -0.454. The molecule has 0 N–H and O–H groups in total. The molecule has 0 unspecified atom stereocenters. The Balaban J connectivity index is 2.50. The van der Waals surface area contributed by atoms with Crippen LogP contribution in [0, 0.1) is 15.9 Å². The van der Waals surface area contributed by atoms with Crippen LogP contribution in [0.3, 0.4) is 0 Å². The first kappa shape index (κ1) is 17.7. The third kappa shape index (κ3) is 3.83. The molecule has 8 heteroatoms. The van der Waals surface area contributed by atoms with Gasteiger partial charge < -0.3 is 9.64 Å². The third-order valence-electron chi connectivity index (χ3n) is 3.16. The summed E-state index contributed by atoms with van der Waals surface area (Å²) in [6.45, 7) is 0. The summed E-state index contributed by atoms with van der Waals surface area (Å²) in [6.07, 6.45) is 0. The molecule has 0 aliphatic carbocycles. The molecule has 126 valence electrons. The van der Waals surface area contributed by atoms with Gasteiger partial charge in [-0.25, -0.2) is 4.39 Å². The van der Waals surface area contributed by atoms with Gasteiger partial charge in [0, 0.05) is 19.0 Å². The van der Waals surface area contributed by atoms with Crippen LogP contribution in [0.15, 0.2) is 46.2 Å². The van der Waals surface area contributed by atoms with Crippen molar-refractivity contribution in [1.29, 1.82) is 0 Å². The normalized spacial score (nSPS) is 10.3. The van der Waals surface area contributed by atoms with Crippen LogP contribution in [0.5, 0.6) is 5.75 Å². The molecule has 6 nitrogen and oxygen atoms in total. The first-order valence-electron chi connectivity index (χ1n) is 6.85. The molecule has 0 heterocycles. The van der Waals surface area contributed by atoms with Crippen molar-refractivity contribution in [3.63, 3.8) is 0 Å². The highest BCUT2D eigenvalue weighted by molar-refractivity contribution is 7.99. The number of hydrogen-bond acceptors (Lipinski definition) is 5. The monoisotopic (exact) mass is 350 g/mol. The fourth-order valence-electron chi connectivity index (χ4n) is 1.97. The van der Waals surface area contributed by atoms with E-state index in [1.165, 1.54) is 18.1 Å². The Morgan fingerprint density at radius 3 is 2.46 bits per heavy atom. The van der Waals surface area contributed by atoms with Crippen LogP contribution < -0.4 is 4.74 Å². The zero-order valence-electron chi connectivity index (χ0n) is 13.3. The second kappa shape index (κ2) is 7.31. The number of carbonyl (C=O) groups excluding carboxylic acids is 1. The number of nitro groups is 1. The molecule has 0 aliphatic rings. The van der Waals surface area contributed by atoms with Gasteiger partial charge in [0.1, 0.15) is 11.6 Å². The average molecular weight is 350 g/mol. The molecule has 24 heavy (non-hydrogen) atoms. The van der Waals surface area contributed by atoms with Crippen molar-refractivity contribution in [2.24, 2.45) is 0 Å². The quantitative estimate of drug-likeness (QED) is 0.608. The van der Waals surface area contributed by atoms with Gasteiger partial charge in [-0.2, -0.15) is 0 Å². The van der Waals surface area contributed by atoms with E-state index in [0.29, 0.717) is 16.2 Å². The Bertz CT molecular complexity index is 796. The molecule has 0 saturated carbocycles. The van der Waals surface area contributed by atoms with Crippen molar-refractivity contribution in [2.75, 3.05) is 21.2 Å². The molecule has 2 rings (SSSR count). The van der Waals surface area contributed by atoms with Crippen LogP contribution in [0.1, 0.15) is 10.4 Å². The van der Waals surface area contributed by atoms with E-state index in [0.717, 1.165) is 23.9 Å². The number of amides is 1. The van der Waals surface area contributed by atoms with Gasteiger partial charge in [0.05, 0.1) is 28.6 Å². The molecule has 2 aromatic carbocycles. The lowest BCUT2D eigenvalue weighted by molar-refractivity contribution is -0.387. The Kier molecular flexibility index (Phi) is 5.40. The lowest BCUT2D eigenvalue weighted by Gasteiger charge is -2.15. The smallest absolute Gasteiger partial charge is 0.286 e. The maximum Gasteiger partial charge on any atom is 0.286 e. The molecule has 0 saturated heterocycles. The van der Waals surface area contributed by atoms with Crippen LogP contribution in [-0.4, -0.2) is 36.9 Å². The summed E-state index contributed by atoms with van der Waals surface area (Å²) in [5.41, 5.74) is 0.00189. The summed E-state index contributed by atoms with van der Waals surface area (Å²) in [5, 5.41) is 11.1. The van der Waals surface area contributed by atoms with E-state index in [2.05, 4.69) is 0 Å². The maximum atomic E-state index is 13.3. The Hall–Kier alpha value is -2.61. The minimum absolute atomic E-state index is 0.249. The molecule has 0 atom stereocenters. The van der Waals surface area contributed by atoms with Crippen molar-refractivity contribution in [3.05, 3.63) is 57.9 Å². The van der Waals surface area contributed by atoms with Gasteiger partial charge in [-0.1, -0.05) is 11.8 Å². The van der Waals surface area contributed by atoms with E-state index in [-0.39, 0.29) is 16.5 Å². The zero-order valence-corrected chi connectivity index (χ0v) is 14.1. The van der Waals surface area contributed by atoms with Crippen LogP contribution in [0.4, 0.5) is 10.1 Å². The highest BCUT2D eigenvalue weighted by atomic mass is 32.2. The number of rotatable bonds is 5. The van der Waals surface area contributed by atoms with Crippen molar-refractivity contribution < 1.29 is 18.8 Å². The lowest BCUT2D eigenvalue weighted by atomic mass is 10.2. The Labute approximate surface area is 142 Å². The fourth-order valence-corrected chi connectivity index (χ4v) is 2.97. The molecule has 0 radical (unpaired) electrons. The number of carbonyl (C=O) groups is 1. The zero-order chi connectivity index (χ0) is 17.9. The van der Waals surface area contributed by atoms with Crippen molar-refractivity contribution >= 4 is 23.4 Å². The second-order valence-corrected chi connectivity index (χ2v) is 6.12. The number of nitrogens with zero attached hydrogens (tertiary/aromatic N) is 2. The SMILES string of the molecule is COc1ccc(Sc2ccc(F)cc2[N+](=O)[O-])c(C(=O)N(C)C)c1. The number of nitro benzene ring substituents is 1. The number of ether oxygens (including phenoxy) is 1. The predicted octanol–water partition coefficient (Wildman–Crippen LogP) is 3.60. The predicted molar refractivity (Wildman–Crippen MR) is 88.2 cm³/mol. The number of methoxy groups -OCH3 is 1. The van der Waals surface area contributed by atoms with Gasteiger partial charge in [0.15, 0.2) is 0 Å². The molecule has 0 spiro atoms. The van der Waals surface area contributed by atoms with E-state index in [4.69, 9.17) is 4.74 Å². The fraction of sp³-hybridized carbons (Fsp3) is 0.188. The van der Waals surface area contributed by atoms with Gasteiger partial charge in [-0.3, -0.25) is 14.9 Å². The average Bonchev–Trinajstić information content (AvgIpc) is 2.55. The largest absolute Gasteiger partial charge is 0.497 e. The molecule has 0 aromatic heterocycles. The minimum atomic E-state index is -0.689. The highest BCUT2D eigenvalue weighted by Crippen LogP contribution is 2.38. The maximum absolute atomic E-state index is 13.3. The van der Waals surface area contributed by atoms with Crippen LogP contribution >= 0.6 is 11.8 Å². The van der Waals surface area contributed by atoms with Crippen LogP contribution in [-0.2, 0) is 0 Å². The van der Waals surface area contributed by atoms with E-state index >= 15 is 0 Å². The third-order valence-corrected chi connectivity index (χ3v) is 4.30. The summed E-state index contributed by atoms with van der Waals surface area (Å²) < 4.78 is 18.4. The van der Waals surface area contributed by atoms with Gasteiger partial charge >= 0.3 is 0 Å². The van der Waals surface area contributed by atoms with Crippen molar-refractivity contribution in [1.82, 2.24) is 4.90 Å². The molecule has 1 amide bonds. The van der Waals surface area contributed by atoms with Gasteiger partial charge in [0.2, 0.25) is 0 Å². The van der Waals surface area contributed by atoms with Gasteiger partial charge in [-0.05, 0) is 30.3 Å². The molecule has 0 bridgehead atoms. The van der Waals surface area contributed by atoms with E-state index in [1.807, 2.05) is 0 Å². The van der Waals surface area contributed by atoms with E-state index in [9.17, 15) is 19.3 Å². The standard InChI is InChI=1S/C16H15FN2O4S/c1-18(2)16(20)12-9-11(23-3)5-7-14(12)24-15-6-4-10(17)8-13(15)19(21)22/h4-9H,1-3H3. The minimum Gasteiger partial charge on any atom is -0.497 e. The molecule has 2 aromatic rings. The van der Waals surface area contributed by atoms with Crippen molar-refractivity contribution in [2.45, 2.75) is 9.79 Å². The molecular weight excluding hydrogens is 335 g/mol. The highest BCUT2D eigenvalue weighted by Gasteiger charge is 2.20. The molecular formula is C16H15FN2O4S. The summed E-state index contributed by atoms with van der Waals surface area (Å²) in [4.78, 5) is 25.0. The van der Waals surface area contributed by atoms with Crippen LogP contribution in [0.25, 0.3) is 0 Å². The van der Waals surface area contributed by atoms with Crippen LogP contribution in [0.2, 0.25) is 0 Å². The Morgan fingerprint density at radius 2 is 1.88 bits per heavy atom. The Morgan fingerprint density at radius 1 is 1.21 bits per heavy atom. The van der Waals surface area contributed by atoms with E-state index < -0.39 is 10.7 Å². The first-order valence-corrected chi connectivity index (χ1v) is 7.66. The topological polar surface area (TPSA) is 72.7 Å². The summed E-state index contributed by atoms with van der Waals surface area (Å²) >= 11 is 1.03.